The smallest absolute Gasteiger partial charge is 0.202 e. The number of hydrogen-bond donors (Lipinski definition) is 1. The van der Waals surface area contributed by atoms with Gasteiger partial charge in [0, 0.05) is 0 Å². The van der Waals surface area contributed by atoms with Gasteiger partial charge in [0.1, 0.15) is 5.83 Å². The molecule has 1 N–H and O–H groups in total. The molecule has 0 aromatic carbocycles. The molecular weight excluding hydrogens is 100 g/mol. The van der Waals surface area contributed by atoms with Gasteiger partial charge in [0.2, 0.25) is 6.30 Å². The maximum Gasteiger partial charge on any atom is 0.202 e. The lowest BCUT2D eigenvalue weighted by Gasteiger charge is -1.98. The van der Waals surface area contributed by atoms with Gasteiger partial charge in [0.25, 0.3) is 0 Å². The van der Waals surface area contributed by atoms with Gasteiger partial charge in [-0.25, -0.2) is 8.78 Å². The van der Waals surface area contributed by atoms with E-state index in [2.05, 4.69) is 6.58 Å². The van der Waals surface area contributed by atoms with Crippen LogP contribution < -0.4 is 5.32 Å². The zero-order valence-electron chi connectivity index (χ0n) is 4.04. The highest BCUT2D eigenvalue weighted by atomic mass is 19.2. The summed E-state index contributed by atoms with van der Waals surface area (Å²) >= 11 is 0. The Kier molecular flexibility index (Phi) is 2.52. The molecule has 0 saturated carbocycles. The van der Waals surface area contributed by atoms with Crippen LogP contribution in [-0.4, -0.2) is 13.3 Å². The van der Waals surface area contributed by atoms with E-state index in [1.165, 1.54) is 7.05 Å². The van der Waals surface area contributed by atoms with E-state index in [0.717, 1.165) is 0 Å². The average Bonchev–Trinajstić information content (AvgIpc) is 1.65. The van der Waals surface area contributed by atoms with Crippen molar-refractivity contribution in [1.29, 1.82) is 0 Å². The third-order valence-corrected chi connectivity index (χ3v) is 0.528. The quantitative estimate of drug-likeness (QED) is 0.519. The molecule has 0 aliphatic carbocycles. The Labute approximate surface area is 41.0 Å². The zero-order valence-corrected chi connectivity index (χ0v) is 4.04. The van der Waals surface area contributed by atoms with Crippen LogP contribution in [0, 0.1) is 0 Å². The molecule has 0 spiro atoms. The fourth-order valence-corrected chi connectivity index (χ4v) is 0.157. The molecule has 0 rings (SSSR count). The van der Waals surface area contributed by atoms with Crippen LogP contribution in [0.1, 0.15) is 0 Å². The Morgan fingerprint density at radius 2 is 2.29 bits per heavy atom. The Bertz CT molecular complexity index is 72.1. The van der Waals surface area contributed by atoms with Gasteiger partial charge in [-0.15, -0.1) is 0 Å². The normalized spacial score (nSPS) is 13.6. The first-order valence-electron chi connectivity index (χ1n) is 1.84. The molecule has 0 fully saturated rings. The van der Waals surface area contributed by atoms with Crippen LogP contribution in [0.15, 0.2) is 12.4 Å². The molecule has 7 heavy (non-hydrogen) atoms. The number of rotatable bonds is 2. The fraction of sp³-hybridized carbons (Fsp3) is 0.500. The van der Waals surface area contributed by atoms with Crippen molar-refractivity contribution in [2.24, 2.45) is 0 Å². The number of alkyl halides is 1. The van der Waals surface area contributed by atoms with Crippen molar-refractivity contribution in [3.05, 3.63) is 12.4 Å². The van der Waals surface area contributed by atoms with Crippen molar-refractivity contribution < 1.29 is 8.78 Å². The van der Waals surface area contributed by atoms with Crippen LogP contribution >= 0.6 is 0 Å². The Balaban J connectivity index is 3.34. The summed E-state index contributed by atoms with van der Waals surface area (Å²) in [5, 5.41) is 2.02. The van der Waals surface area contributed by atoms with E-state index in [9.17, 15) is 8.78 Å². The summed E-state index contributed by atoms with van der Waals surface area (Å²) in [4.78, 5) is 0. The first kappa shape index (κ1) is 6.56. The second-order valence-electron chi connectivity index (χ2n) is 1.10. The summed E-state index contributed by atoms with van der Waals surface area (Å²) in [7, 11) is 1.31. The van der Waals surface area contributed by atoms with E-state index in [4.69, 9.17) is 0 Å². The number of likely N-dealkylation sites (N-methyl/N-ethyl adjacent to an activating group) is 1. The van der Waals surface area contributed by atoms with Crippen LogP contribution in [-0.2, 0) is 0 Å². The highest BCUT2D eigenvalue weighted by Gasteiger charge is 2.03. The predicted octanol–water partition coefficient (Wildman–Crippen LogP) is 0.985. The lowest BCUT2D eigenvalue weighted by Crippen LogP contribution is -2.19. The molecule has 42 valence electrons. The first-order valence-corrected chi connectivity index (χ1v) is 1.84. The van der Waals surface area contributed by atoms with Gasteiger partial charge < -0.3 is 0 Å². The minimum atomic E-state index is -1.71. The van der Waals surface area contributed by atoms with Crippen LogP contribution in [0.4, 0.5) is 8.78 Å². The monoisotopic (exact) mass is 107 g/mol. The van der Waals surface area contributed by atoms with Crippen molar-refractivity contribution in [1.82, 2.24) is 5.32 Å². The SMILES string of the molecule is C=C(F)C(F)NC. The third kappa shape index (κ3) is 2.28. The third-order valence-electron chi connectivity index (χ3n) is 0.528. The van der Waals surface area contributed by atoms with Gasteiger partial charge in [-0.05, 0) is 7.05 Å². The van der Waals surface area contributed by atoms with E-state index in [-0.39, 0.29) is 0 Å². The van der Waals surface area contributed by atoms with Crippen molar-refractivity contribution in [3.8, 4) is 0 Å². The number of nitrogens with one attached hydrogen (secondary N) is 1. The van der Waals surface area contributed by atoms with Gasteiger partial charge in [0.15, 0.2) is 0 Å². The summed E-state index contributed by atoms with van der Waals surface area (Å²) in [6.07, 6.45) is -1.71. The number of hydrogen-bond acceptors (Lipinski definition) is 1. The molecule has 0 heterocycles. The van der Waals surface area contributed by atoms with Gasteiger partial charge in [0.05, 0.1) is 0 Å². The van der Waals surface area contributed by atoms with Crippen molar-refractivity contribution in [2.45, 2.75) is 6.30 Å². The van der Waals surface area contributed by atoms with Gasteiger partial charge in [-0.2, -0.15) is 0 Å². The summed E-state index contributed by atoms with van der Waals surface area (Å²) in [6, 6.07) is 0. The molecule has 1 unspecified atom stereocenters. The minimum Gasteiger partial charge on any atom is -0.285 e. The van der Waals surface area contributed by atoms with E-state index in [1.54, 1.807) is 0 Å². The molecule has 0 aliphatic heterocycles. The van der Waals surface area contributed by atoms with Crippen molar-refractivity contribution in [2.75, 3.05) is 7.05 Å². The van der Waals surface area contributed by atoms with Crippen LogP contribution in [0.3, 0.4) is 0 Å². The van der Waals surface area contributed by atoms with Gasteiger partial charge >= 0.3 is 0 Å². The molecule has 3 heteroatoms. The Morgan fingerprint density at radius 3 is 2.29 bits per heavy atom. The average molecular weight is 107 g/mol. The topological polar surface area (TPSA) is 12.0 Å². The largest absolute Gasteiger partial charge is 0.285 e. The molecule has 0 aromatic rings. The standard InChI is InChI=1S/C4H7F2N/c1-3(5)4(6)7-2/h4,7H,1H2,2H3. The predicted molar refractivity (Wildman–Crippen MR) is 24.2 cm³/mol. The molecule has 0 bridgehead atoms. The first-order chi connectivity index (χ1) is 3.18. The second-order valence-corrected chi connectivity index (χ2v) is 1.10. The van der Waals surface area contributed by atoms with Crippen LogP contribution in [0.25, 0.3) is 0 Å². The number of halogens is 2. The molecule has 0 aliphatic rings. The highest BCUT2D eigenvalue weighted by Crippen LogP contribution is 1.98. The second kappa shape index (κ2) is 2.69. The molecule has 0 saturated heterocycles. The summed E-state index contributed by atoms with van der Waals surface area (Å²) in [5.41, 5.74) is 0. The molecule has 1 atom stereocenters. The maximum absolute atomic E-state index is 11.7. The lowest BCUT2D eigenvalue weighted by molar-refractivity contribution is 0.291. The van der Waals surface area contributed by atoms with Crippen LogP contribution in [0.5, 0.6) is 0 Å². The lowest BCUT2D eigenvalue weighted by atomic mass is 10.5. The van der Waals surface area contributed by atoms with E-state index < -0.39 is 12.1 Å². The van der Waals surface area contributed by atoms with Crippen molar-refractivity contribution >= 4 is 0 Å². The van der Waals surface area contributed by atoms with Crippen molar-refractivity contribution in [3.63, 3.8) is 0 Å². The van der Waals surface area contributed by atoms with E-state index in [1.807, 2.05) is 5.32 Å². The van der Waals surface area contributed by atoms with Gasteiger partial charge in [-0.3, -0.25) is 5.32 Å². The maximum atomic E-state index is 11.7. The Hall–Kier alpha value is -0.440. The summed E-state index contributed by atoms with van der Waals surface area (Å²) < 4.78 is 23.1. The van der Waals surface area contributed by atoms with E-state index >= 15 is 0 Å². The summed E-state index contributed by atoms with van der Waals surface area (Å²) in [5.74, 6) is -0.984. The molecule has 0 radical (unpaired) electrons. The minimum absolute atomic E-state index is 0.984. The highest BCUT2D eigenvalue weighted by molar-refractivity contribution is 4.86. The summed E-state index contributed by atoms with van der Waals surface area (Å²) in [6.45, 7) is 2.72. The van der Waals surface area contributed by atoms with Crippen LogP contribution in [0.2, 0.25) is 0 Å². The molecule has 0 aromatic heterocycles. The molecule has 1 nitrogen and oxygen atoms in total. The Morgan fingerprint density at radius 1 is 1.86 bits per heavy atom. The molecule has 0 amide bonds. The van der Waals surface area contributed by atoms with E-state index in [0.29, 0.717) is 0 Å². The molecular formula is C4H7F2N. The fourth-order valence-electron chi connectivity index (χ4n) is 0.157. The zero-order chi connectivity index (χ0) is 5.86. The van der Waals surface area contributed by atoms with Gasteiger partial charge in [-0.1, -0.05) is 6.58 Å².